The van der Waals surface area contributed by atoms with E-state index in [1.54, 1.807) is 0 Å². The molecule has 0 aromatic heterocycles. The van der Waals surface area contributed by atoms with E-state index in [9.17, 15) is 5.02 Å². The summed E-state index contributed by atoms with van der Waals surface area (Å²) in [6, 6.07) is 0. The smallest absolute Gasteiger partial charge is 0.276 e. The zero-order valence-electron chi connectivity index (χ0n) is 10.5. The minimum absolute atomic E-state index is 0.125. The molecule has 0 heterocycles. The van der Waals surface area contributed by atoms with Crippen LogP contribution in [0.3, 0.4) is 0 Å². The van der Waals surface area contributed by atoms with Crippen LogP contribution in [0, 0.1) is 0 Å². The van der Waals surface area contributed by atoms with Gasteiger partial charge in [0.05, 0.1) is 0 Å². The van der Waals surface area contributed by atoms with Crippen molar-refractivity contribution in [2.75, 3.05) is 6.54 Å². The molecule has 0 bridgehead atoms. The predicted octanol–water partition coefficient (Wildman–Crippen LogP) is 2.09. The monoisotopic (exact) mass is 199 g/mol. The molecule has 14 heavy (non-hydrogen) atoms. The Morgan fingerprint density at radius 2 is 1.79 bits per heavy atom. The standard InChI is InChI=1S/C11H26BNO/c1-6-11(5,12-14)8-7-9-13-10(2,3)4/h12-14H,6-9H2,1-5H3. The average molecular weight is 199 g/mol. The summed E-state index contributed by atoms with van der Waals surface area (Å²) >= 11 is 0. The number of hydrogen-bond donors (Lipinski definition) is 2. The molecular weight excluding hydrogens is 173 g/mol. The van der Waals surface area contributed by atoms with Crippen molar-refractivity contribution in [3.63, 3.8) is 0 Å². The minimum Gasteiger partial charge on any atom is -0.453 e. The van der Waals surface area contributed by atoms with Gasteiger partial charge in [-0.1, -0.05) is 26.7 Å². The molecule has 0 aliphatic rings. The predicted molar refractivity (Wildman–Crippen MR) is 65.0 cm³/mol. The van der Waals surface area contributed by atoms with Gasteiger partial charge in [0.15, 0.2) is 0 Å². The molecule has 0 rings (SSSR count). The van der Waals surface area contributed by atoms with Crippen LogP contribution in [0.4, 0.5) is 0 Å². The molecule has 0 aromatic carbocycles. The van der Waals surface area contributed by atoms with Gasteiger partial charge in [0, 0.05) is 5.54 Å². The van der Waals surface area contributed by atoms with Gasteiger partial charge < -0.3 is 10.3 Å². The largest absolute Gasteiger partial charge is 0.453 e. The van der Waals surface area contributed by atoms with Crippen LogP contribution < -0.4 is 5.32 Å². The summed E-state index contributed by atoms with van der Waals surface area (Å²) in [7, 11) is 0.305. The van der Waals surface area contributed by atoms with Gasteiger partial charge in [0.25, 0.3) is 7.48 Å². The average Bonchev–Trinajstić information content (AvgIpc) is 2.11. The number of rotatable bonds is 6. The first kappa shape index (κ1) is 14.0. The highest BCUT2D eigenvalue weighted by atomic mass is 16.2. The minimum atomic E-state index is 0.125. The van der Waals surface area contributed by atoms with Crippen molar-refractivity contribution in [2.45, 2.75) is 64.7 Å². The first-order valence-corrected chi connectivity index (χ1v) is 5.69. The van der Waals surface area contributed by atoms with E-state index >= 15 is 0 Å². The van der Waals surface area contributed by atoms with Crippen molar-refractivity contribution in [1.29, 1.82) is 0 Å². The Kier molecular flexibility index (Phi) is 5.76. The summed E-state index contributed by atoms with van der Waals surface area (Å²) in [4.78, 5) is 0. The fourth-order valence-corrected chi connectivity index (χ4v) is 1.35. The van der Waals surface area contributed by atoms with Crippen molar-refractivity contribution >= 4 is 7.48 Å². The van der Waals surface area contributed by atoms with Crippen LogP contribution in [0.1, 0.15) is 53.9 Å². The maximum absolute atomic E-state index is 9.22. The van der Waals surface area contributed by atoms with E-state index in [1.165, 1.54) is 0 Å². The molecular formula is C11H26BNO. The van der Waals surface area contributed by atoms with E-state index in [4.69, 9.17) is 0 Å². The zero-order chi connectivity index (χ0) is 11.2. The first-order valence-electron chi connectivity index (χ1n) is 5.69. The summed E-state index contributed by atoms with van der Waals surface area (Å²) in [5.74, 6) is 0. The maximum atomic E-state index is 9.22. The van der Waals surface area contributed by atoms with E-state index in [2.05, 4.69) is 39.9 Å². The molecule has 0 saturated carbocycles. The normalized spacial score (nSPS) is 16.4. The van der Waals surface area contributed by atoms with E-state index in [-0.39, 0.29) is 10.9 Å². The molecule has 1 atom stereocenters. The molecule has 0 radical (unpaired) electrons. The second-order valence-electron chi connectivity index (χ2n) is 5.60. The lowest BCUT2D eigenvalue weighted by molar-refractivity contribution is 0.394. The Morgan fingerprint density at radius 3 is 2.14 bits per heavy atom. The Morgan fingerprint density at radius 1 is 1.21 bits per heavy atom. The Labute approximate surface area is 89.8 Å². The molecule has 2 nitrogen and oxygen atoms in total. The fraction of sp³-hybridized carbons (Fsp3) is 1.00. The second kappa shape index (κ2) is 5.77. The highest BCUT2D eigenvalue weighted by Crippen LogP contribution is 2.32. The lowest BCUT2D eigenvalue weighted by Gasteiger charge is -2.26. The lowest BCUT2D eigenvalue weighted by atomic mass is 9.61. The van der Waals surface area contributed by atoms with Gasteiger partial charge in [0.1, 0.15) is 0 Å². The van der Waals surface area contributed by atoms with Gasteiger partial charge in [-0.3, -0.25) is 0 Å². The van der Waals surface area contributed by atoms with Gasteiger partial charge in [-0.15, -0.1) is 0 Å². The Bertz CT molecular complexity index is 150. The first-order chi connectivity index (χ1) is 6.33. The third-order valence-corrected chi connectivity index (χ3v) is 2.85. The molecule has 0 aliphatic heterocycles. The van der Waals surface area contributed by atoms with Crippen molar-refractivity contribution in [2.24, 2.45) is 0 Å². The van der Waals surface area contributed by atoms with Crippen molar-refractivity contribution in [1.82, 2.24) is 5.32 Å². The SMILES string of the molecule is CCC(C)(BO)CCCNC(C)(C)C. The van der Waals surface area contributed by atoms with Gasteiger partial charge in [-0.05, 0) is 39.1 Å². The van der Waals surface area contributed by atoms with Crippen LogP contribution in [-0.4, -0.2) is 24.6 Å². The van der Waals surface area contributed by atoms with E-state index < -0.39 is 0 Å². The van der Waals surface area contributed by atoms with Gasteiger partial charge in [-0.25, -0.2) is 0 Å². The van der Waals surface area contributed by atoms with Crippen LogP contribution in [0.2, 0.25) is 5.31 Å². The number of hydrogen-bond acceptors (Lipinski definition) is 2. The number of nitrogens with one attached hydrogen (secondary N) is 1. The Balaban J connectivity index is 3.63. The molecule has 0 spiro atoms. The summed E-state index contributed by atoms with van der Waals surface area (Å²) in [5, 5.41) is 12.8. The van der Waals surface area contributed by atoms with E-state index in [0.717, 1.165) is 25.8 Å². The topological polar surface area (TPSA) is 32.3 Å². The Hall–Kier alpha value is -0.0151. The molecule has 0 aliphatic carbocycles. The third kappa shape index (κ3) is 6.44. The maximum Gasteiger partial charge on any atom is 0.276 e. The van der Waals surface area contributed by atoms with E-state index in [1.807, 2.05) is 0 Å². The van der Waals surface area contributed by atoms with Crippen LogP contribution in [0.5, 0.6) is 0 Å². The summed E-state index contributed by atoms with van der Waals surface area (Å²) in [6.07, 6.45) is 3.30. The highest BCUT2D eigenvalue weighted by Gasteiger charge is 2.22. The summed E-state index contributed by atoms with van der Waals surface area (Å²) in [5.41, 5.74) is 0.210. The molecule has 0 fully saturated rings. The van der Waals surface area contributed by atoms with E-state index in [0.29, 0.717) is 7.48 Å². The highest BCUT2D eigenvalue weighted by molar-refractivity contribution is 6.30. The van der Waals surface area contributed by atoms with Crippen molar-refractivity contribution in [3.05, 3.63) is 0 Å². The molecule has 3 heteroatoms. The van der Waals surface area contributed by atoms with Crippen LogP contribution in [-0.2, 0) is 0 Å². The molecule has 0 amide bonds. The molecule has 0 aromatic rings. The fourth-order valence-electron chi connectivity index (χ4n) is 1.35. The van der Waals surface area contributed by atoms with Crippen LogP contribution >= 0.6 is 0 Å². The molecule has 84 valence electrons. The van der Waals surface area contributed by atoms with Crippen molar-refractivity contribution in [3.8, 4) is 0 Å². The van der Waals surface area contributed by atoms with Crippen LogP contribution in [0.15, 0.2) is 0 Å². The molecule has 2 N–H and O–H groups in total. The quantitative estimate of drug-likeness (QED) is 0.507. The third-order valence-electron chi connectivity index (χ3n) is 2.85. The molecule has 1 unspecified atom stereocenters. The van der Waals surface area contributed by atoms with Gasteiger partial charge in [0.2, 0.25) is 0 Å². The van der Waals surface area contributed by atoms with Gasteiger partial charge in [-0.2, -0.15) is 0 Å². The lowest BCUT2D eigenvalue weighted by Crippen LogP contribution is -2.36. The van der Waals surface area contributed by atoms with Crippen molar-refractivity contribution < 1.29 is 5.02 Å². The summed E-state index contributed by atoms with van der Waals surface area (Å²) in [6.45, 7) is 11.9. The van der Waals surface area contributed by atoms with Gasteiger partial charge >= 0.3 is 0 Å². The second-order valence-corrected chi connectivity index (χ2v) is 5.60. The zero-order valence-corrected chi connectivity index (χ0v) is 10.5. The van der Waals surface area contributed by atoms with Crippen LogP contribution in [0.25, 0.3) is 0 Å². The summed E-state index contributed by atoms with van der Waals surface area (Å²) < 4.78 is 0. The molecule has 0 saturated heterocycles.